The van der Waals surface area contributed by atoms with Gasteiger partial charge >= 0.3 is 12.1 Å². The summed E-state index contributed by atoms with van der Waals surface area (Å²) >= 11 is 0. The van der Waals surface area contributed by atoms with Crippen LogP contribution in [-0.2, 0) is 66.6 Å². The van der Waals surface area contributed by atoms with E-state index in [4.69, 9.17) is 42.6 Å². The summed E-state index contributed by atoms with van der Waals surface area (Å²) in [5.74, 6) is -11.4. The Morgan fingerprint density at radius 3 is 2.20 bits per heavy atom. The molecule has 5 rings (SSSR count). The number of fused-ring (bicyclic) bond motifs is 3. The second kappa shape index (κ2) is 30.3. The fourth-order valence-electron chi connectivity index (χ4n) is 11.9. The van der Waals surface area contributed by atoms with Gasteiger partial charge in [-0.15, -0.1) is 0 Å². The number of hydrogen-bond acceptors (Lipinski definition) is 20. The number of ether oxygens (including phenoxy) is 9. The first-order valence-corrected chi connectivity index (χ1v) is 28.4. The second-order valence-corrected chi connectivity index (χ2v) is 23.0. The number of carbonyl (C=O) groups excluding carboxylic acids is 6. The smallest absolute Gasteiger partial charge is 0.460 e. The van der Waals surface area contributed by atoms with Gasteiger partial charge in [0.15, 0.2) is 11.9 Å². The molecule has 2 bridgehead atoms. The van der Waals surface area contributed by atoms with Crippen molar-refractivity contribution < 1.29 is 96.9 Å². The lowest BCUT2D eigenvalue weighted by molar-refractivity contribution is -0.335. The number of esters is 1. The number of aliphatic hydroxyl groups excluding tert-OH is 4. The van der Waals surface area contributed by atoms with Crippen molar-refractivity contribution in [2.24, 2.45) is 35.5 Å². The first-order chi connectivity index (χ1) is 37.9. The molecule has 5 N–H and O–H groups in total. The number of cyclic esters (lactones) is 1. The number of Topliss-reactive ketones (excluding diaryl/α,β-unsaturated/α-hetero) is 3. The van der Waals surface area contributed by atoms with Crippen molar-refractivity contribution in [2.75, 3.05) is 48.2 Å². The number of nitrogens with zero attached hydrogens (tertiary/aromatic N) is 1. The zero-order valence-corrected chi connectivity index (χ0v) is 48.7. The van der Waals surface area contributed by atoms with Gasteiger partial charge in [0.2, 0.25) is 5.79 Å². The number of piperidine rings is 1. The summed E-state index contributed by atoms with van der Waals surface area (Å²) in [6, 6.07) is -1.24. The second-order valence-electron chi connectivity index (χ2n) is 23.0. The van der Waals surface area contributed by atoms with Crippen LogP contribution in [-0.4, -0.2) is 193 Å². The van der Waals surface area contributed by atoms with Crippen LogP contribution in [0, 0.1) is 35.5 Å². The van der Waals surface area contributed by atoms with Crippen molar-refractivity contribution in [2.45, 2.75) is 204 Å². The molecule has 0 spiro atoms. The Kier molecular flexibility index (Phi) is 25.2. The van der Waals surface area contributed by atoms with E-state index >= 15 is 0 Å². The molecule has 1 saturated carbocycles. The van der Waals surface area contributed by atoms with Gasteiger partial charge in [-0.25, -0.2) is 9.59 Å². The molecule has 0 aromatic rings. The summed E-state index contributed by atoms with van der Waals surface area (Å²) in [5.41, 5.74) is 1.17. The van der Waals surface area contributed by atoms with Crippen LogP contribution in [0.25, 0.3) is 0 Å². The molecule has 0 aromatic carbocycles. The largest absolute Gasteiger partial charge is 0.511 e. The molecule has 452 valence electrons. The molecular formula is C59H91NO20. The summed E-state index contributed by atoms with van der Waals surface area (Å²) in [5, 5.41) is 55.0. The summed E-state index contributed by atoms with van der Waals surface area (Å²) < 4.78 is 51.3. The molecule has 3 saturated heterocycles. The first-order valence-electron chi connectivity index (χ1n) is 28.4. The maximum Gasteiger partial charge on any atom is 0.511 e. The van der Waals surface area contributed by atoms with Crippen LogP contribution in [0.1, 0.15) is 126 Å². The predicted octanol–water partition coefficient (Wildman–Crippen LogP) is 4.80. The van der Waals surface area contributed by atoms with Crippen molar-refractivity contribution in [1.82, 2.24) is 4.90 Å². The van der Waals surface area contributed by atoms with E-state index in [2.05, 4.69) is 0 Å². The molecule has 4 unspecified atom stereocenters. The molecule has 21 nitrogen and oxygen atoms in total. The molecule has 0 radical (unpaired) electrons. The van der Waals surface area contributed by atoms with Gasteiger partial charge in [0.05, 0.1) is 24.9 Å². The normalized spacial score (nSPS) is 40.8. The first kappa shape index (κ1) is 66.5. The Morgan fingerprint density at radius 2 is 1.54 bits per heavy atom. The van der Waals surface area contributed by atoms with Gasteiger partial charge in [0, 0.05) is 65.6 Å². The van der Waals surface area contributed by atoms with Gasteiger partial charge < -0.3 is 73.1 Å². The van der Waals surface area contributed by atoms with Crippen LogP contribution in [0.5, 0.6) is 0 Å². The number of hydrogen-bond donors (Lipinski definition) is 5. The van der Waals surface area contributed by atoms with Crippen LogP contribution < -0.4 is 0 Å². The van der Waals surface area contributed by atoms with Crippen LogP contribution in [0.4, 0.5) is 4.79 Å². The number of rotatable bonds is 10. The SMILES string of the molecule is COC1COC(CO)(OC(=O)O[C@@H]2CCC(C[C@@H](C)[C@@H]3CC(=O)[C@H](C)/C=C(\C)[C@@H](O)[C@@H](OC)C(=O)[C@H](C)C[C@H](C)/C=C/C=C/C=C(\C)[C@@H](OC)C[C@@H]4CC[C@@H](C)[C@@](O)(O4)C(=O)C(=O)N4CCCCC4C(=O)O3)C[C@H]2OC)[C@@H](O)[C@@H]1O. The van der Waals surface area contributed by atoms with Crippen molar-refractivity contribution in [3.8, 4) is 0 Å². The van der Waals surface area contributed by atoms with E-state index < -0.39 is 133 Å². The lowest BCUT2D eigenvalue weighted by atomic mass is 9.78. The average molecular weight is 1130 g/mol. The quantitative estimate of drug-likeness (QED) is 0.112. The summed E-state index contributed by atoms with van der Waals surface area (Å²) in [7, 11) is 5.65. The Balaban J connectivity index is 1.42. The third kappa shape index (κ3) is 16.5. The van der Waals surface area contributed by atoms with E-state index in [1.807, 2.05) is 51.2 Å². The highest BCUT2D eigenvalue weighted by molar-refractivity contribution is 6.39. The minimum absolute atomic E-state index is 0.0179. The molecule has 80 heavy (non-hydrogen) atoms. The predicted molar refractivity (Wildman–Crippen MR) is 289 cm³/mol. The number of amides is 1. The highest BCUT2D eigenvalue weighted by Crippen LogP contribution is 2.39. The number of methoxy groups -OCH3 is 4. The topological polar surface area (TPSA) is 290 Å². The molecule has 19 atom stereocenters. The van der Waals surface area contributed by atoms with Crippen molar-refractivity contribution in [3.05, 3.63) is 47.6 Å². The van der Waals surface area contributed by atoms with Crippen LogP contribution in [0.3, 0.4) is 0 Å². The molecular weight excluding hydrogens is 1040 g/mol. The summed E-state index contributed by atoms with van der Waals surface area (Å²) in [6.45, 7) is 11.1. The Morgan fingerprint density at radius 1 is 0.825 bits per heavy atom. The zero-order chi connectivity index (χ0) is 59.2. The van der Waals surface area contributed by atoms with Gasteiger partial charge in [-0.2, -0.15) is 0 Å². The van der Waals surface area contributed by atoms with Crippen molar-refractivity contribution >= 4 is 35.4 Å². The van der Waals surface area contributed by atoms with Gasteiger partial charge in [-0.1, -0.05) is 71.1 Å². The van der Waals surface area contributed by atoms with Gasteiger partial charge in [0.1, 0.15) is 55.1 Å². The highest BCUT2D eigenvalue weighted by Gasteiger charge is 2.55. The lowest BCUT2D eigenvalue weighted by Crippen LogP contribution is -2.64. The van der Waals surface area contributed by atoms with Crippen molar-refractivity contribution in [3.63, 3.8) is 0 Å². The molecule has 1 aliphatic carbocycles. The van der Waals surface area contributed by atoms with Crippen LogP contribution in [0.2, 0.25) is 0 Å². The van der Waals surface area contributed by atoms with E-state index in [0.717, 1.165) is 10.5 Å². The summed E-state index contributed by atoms with van der Waals surface area (Å²) in [6.07, 6.45) is 2.92. The van der Waals surface area contributed by atoms with Gasteiger partial charge in [-0.05, 0) is 107 Å². The van der Waals surface area contributed by atoms with Crippen molar-refractivity contribution in [1.29, 1.82) is 0 Å². The number of aliphatic hydroxyl groups is 5. The van der Waals surface area contributed by atoms with E-state index in [1.54, 1.807) is 40.9 Å². The number of ketones is 3. The third-order valence-electron chi connectivity index (χ3n) is 17.1. The molecule has 1 amide bonds. The molecule has 5 aliphatic rings. The fourth-order valence-corrected chi connectivity index (χ4v) is 11.9. The molecule has 4 fully saturated rings. The van der Waals surface area contributed by atoms with Gasteiger partial charge in [-0.3, -0.25) is 19.2 Å². The molecule has 4 heterocycles. The molecule has 0 aromatic heterocycles. The number of carbonyl (C=O) groups is 6. The Hall–Kier alpha value is -4.26. The molecule has 21 heteroatoms. The number of allylic oxidation sites excluding steroid dienone is 6. The highest BCUT2D eigenvalue weighted by atomic mass is 16.8. The molecule has 4 aliphatic heterocycles. The van der Waals surface area contributed by atoms with E-state index in [0.29, 0.717) is 56.9 Å². The van der Waals surface area contributed by atoms with E-state index in [-0.39, 0.29) is 62.2 Å². The standard InChI is InChI=1S/C59H91NO20/c1-33-17-13-12-14-18-34(2)45(72-8)29-41-22-20-39(7)59(71,79-41)54(67)55(68)60-24-16-15-19-42(60)56(69)77-46(30-43(62)35(3)26-38(6)50(64)52(75-11)49(63)37(5)25-33)36(4)27-40-21-23-44(47(28-40)73-9)78-57(70)80-58(32-61)53(66)51(65)48(74-10)31-76-58/h12-14,17-18,26,33,35-37,39-42,44-48,50-53,61,64-66,71H,15-16,19-25,27-32H2,1-11H3/b14-12+,17-13+,34-18+,38-26+/t33-,35-,36-,37-,39-,40?,41+,42?,44-,45+,46+,47-,48?,50-,51-,52+,53+,58?,59-/m1/s1. The van der Waals surface area contributed by atoms with Gasteiger partial charge in [0.25, 0.3) is 17.5 Å². The maximum absolute atomic E-state index is 14.6. The Labute approximate surface area is 471 Å². The third-order valence-corrected chi connectivity index (χ3v) is 17.1. The lowest BCUT2D eigenvalue weighted by Gasteiger charge is -2.44. The minimum Gasteiger partial charge on any atom is -0.460 e. The maximum atomic E-state index is 14.6. The summed E-state index contributed by atoms with van der Waals surface area (Å²) in [4.78, 5) is 86.0. The fraction of sp³-hybridized carbons (Fsp3) is 0.763. The minimum atomic E-state index is -2.50. The zero-order valence-electron chi connectivity index (χ0n) is 48.7. The monoisotopic (exact) mass is 1130 g/mol. The van der Waals surface area contributed by atoms with E-state index in [9.17, 15) is 54.3 Å². The van der Waals surface area contributed by atoms with E-state index in [1.165, 1.54) is 21.3 Å². The Bertz CT molecular complexity index is 2230. The average Bonchev–Trinajstić information content (AvgIpc) is 3.51. The van der Waals surface area contributed by atoms with Crippen LogP contribution in [0.15, 0.2) is 47.6 Å². The van der Waals surface area contributed by atoms with Crippen LogP contribution >= 0.6 is 0 Å².